The minimum absolute atomic E-state index is 0.0242. The fourth-order valence-electron chi connectivity index (χ4n) is 4.72. The monoisotopic (exact) mass is 618 g/mol. The van der Waals surface area contributed by atoms with E-state index in [9.17, 15) is 18.0 Å². The first kappa shape index (κ1) is 30.0. The Morgan fingerprint density at radius 3 is 2.37 bits per heavy atom. The van der Waals surface area contributed by atoms with Crippen LogP contribution < -0.4 is 23.8 Å². The van der Waals surface area contributed by atoms with Crippen LogP contribution in [0.2, 0.25) is 0 Å². The molecule has 222 valence electrons. The molecule has 43 heavy (non-hydrogen) atoms. The Labute approximate surface area is 253 Å². The third-order valence-corrected chi connectivity index (χ3v) is 8.94. The Hall–Kier alpha value is -4.48. The van der Waals surface area contributed by atoms with Crippen molar-refractivity contribution in [3.05, 3.63) is 120 Å². The molecular weight excluding hydrogens is 588 g/mol. The number of carbonyl (C=O) groups is 1. The maximum atomic E-state index is 13.9. The number of rotatable bonds is 9. The fraction of sp³-hybridized carbons (Fsp3) is 0.219. The van der Waals surface area contributed by atoms with Gasteiger partial charge in [-0.1, -0.05) is 65.4 Å². The Balaban J connectivity index is 1.57. The summed E-state index contributed by atoms with van der Waals surface area (Å²) in [5, 5.41) is 0. The summed E-state index contributed by atoms with van der Waals surface area (Å²) in [4.78, 5) is 31.9. The topological polar surface area (TPSA) is 113 Å². The predicted octanol–water partition coefficient (Wildman–Crippen LogP) is 4.27. The van der Waals surface area contributed by atoms with Crippen LogP contribution in [0.3, 0.4) is 0 Å². The molecule has 0 saturated carbocycles. The summed E-state index contributed by atoms with van der Waals surface area (Å²) >= 11 is 1.19. The van der Waals surface area contributed by atoms with Crippen LogP contribution in [0.1, 0.15) is 43.5 Å². The zero-order valence-electron chi connectivity index (χ0n) is 24.1. The quantitative estimate of drug-likeness (QED) is 0.203. The Bertz CT molecular complexity index is 1990. The summed E-state index contributed by atoms with van der Waals surface area (Å²) in [6.07, 6.45) is 1.68. The lowest BCUT2D eigenvalue weighted by Gasteiger charge is -2.24. The van der Waals surface area contributed by atoms with Crippen LogP contribution in [0.5, 0.6) is 11.5 Å². The second-order valence-corrected chi connectivity index (χ2v) is 12.3. The van der Waals surface area contributed by atoms with E-state index in [0.29, 0.717) is 26.2 Å². The number of thiazole rings is 1. The summed E-state index contributed by atoms with van der Waals surface area (Å²) in [7, 11) is -4.10. The average molecular weight is 619 g/mol. The summed E-state index contributed by atoms with van der Waals surface area (Å²) in [5.74, 6) is -0.286. The zero-order valence-corrected chi connectivity index (χ0v) is 25.7. The number of ether oxygens (including phenoxy) is 2. The van der Waals surface area contributed by atoms with Crippen molar-refractivity contribution in [2.45, 2.75) is 38.6 Å². The van der Waals surface area contributed by atoms with Crippen molar-refractivity contribution in [3.8, 4) is 11.5 Å². The highest BCUT2D eigenvalue weighted by molar-refractivity contribution is 7.87. The molecule has 0 fully saturated rings. The van der Waals surface area contributed by atoms with Crippen LogP contribution in [0, 0.1) is 6.92 Å². The van der Waals surface area contributed by atoms with Crippen LogP contribution in [0.15, 0.2) is 98.7 Å². The van der Waals surface area contributed by atoms with Gasteiger partial charge in [-0.3, -0.25) is 9.36 Å². The standard InChI is InChI=1S/C32H30N2O7S2/c1-5-39-26-18-22(14-17-25(26)41-43(37,38)24-15-12-20(3)13-16-24)19-27-30(35)34-29(23-10-8-7-9-11-23)28(31(36)40-6-2)21(4)33-32(34)42-27/h7-19,29H,5-6H2,1-4H3/b27-19-. The Kier molecular flexibility index (Phi) is 8.65. The number of carbonyl (C=O) groups excluding carboxylic acids is 1. The molecule has 2 heterocycles. The van der Waals surface area contributed by atoms with Gasteiger partial charge in [0.1, 0.15) is 4.90 Å². The third-order valence-electron chi connectivity index (χ3n) is 6.71. The van der Waals surface area contributed by atoms with Gasteiger partial charge in [0.15, 0.2) is 16.3 Å². The van der Waals surface area contributed by atoms with Crippen molar-refractivity contribution in [1.82, 2.24) is 4.57 Å². The second-order valence-electron chi connectivity index (χ2n) is 9.70. The SMILES string of the molecule is CCOC(=O)C1=C(C)N=c2s/c(=C\c3ccc(OS(=O)(=O)c4ccc(C)cc4)c(OCC)c3)c(=O)n2C1c1ccccc1. The average Bonchev–Trinajstić information content (AvgIpc) is 3.28. The van der Waals surface area contributed by atoms with E-state index >= 15 is 0 Å². The molecule has 1 aliphatic rings. The highest BCUT2D eigenvalue weighted by Crippen LogP contribution is 2.32. The van der Waals surface area contributed by atoms with Gasteiger partial charge in [-0.05, 0) is 69.2 Å². The molecule has 3 aromatic carbocycles. The number of aryl methyl sites for hydroxylation is 1. The zero-order chi connectivity index (χ0) is 30.7. The molecule has 1 atom stereocenters. The molecule has 0 spiro atoms. The molecule has 0 radical (unpaired) electrons. The summed E-state index contributed by atoms with van der Waals surface area (Å²) in [5.41, 5.74) is 2.73. The number of fused-ring (bicyclic) bond motifs is 1. The lowest BCUT2D eigenvalue weighted by atomic mass is 9.96. The maximum Gasteiger partial charge on any atom is 0.339 e. The highest BCUT2D eigenvalue weighted by atomic mass is 32.2. The minimum Gasteiger partial charge on any atom is -0.490 e. The second kappa shape index (κ2) is 12.4. The molecule has 1 unspecified atom stereocenters. The molecule has 1 aromatic heterocycles. The lowest BCUT2D eigenvalue weighted by molar-refractivity contribution is -0.139. The number of hydrogen-bond donors (Lipinski definition) is 0. The van der Waals surface area contributed by atoms with Crippen molar-refractivity contribution in [2.24, 2.45) is 4.99 Å². The van der Waals surface area contributed by atoms with Gasteiger partial charge in [0.25, 0.3) is 5.56 Å². The number of esters is 1. The molecule has 1 aliphatic heterocycles. The van der Waals surface area contributed by atoms with Crippen LogP contribution >= 0.6 is 11.3 Å². The van der Waals surface area contributed by atoms with Crippen LogP contribution in [0.4, 0.5) is 0 Å². The predicted molar refractivity (Wildman–Crippen MR) is 163 cm³/mol. The van der Waals surface area contributed by atoms with E-state index < -0.39 is 22.1 Å². The van der Waals surface area contributed by atoms with E-state index in [1.54, 1.807) is 51.1 Å². The van der Waals surface area contributed by atoms with E-state index in [-0.39, 0.29) is 35.2 Å². The summed E-state index contributed by atoms with van der Waals surface area (Å²) < 4.78 is 44.2. The van der Waals surface area contributed by atoms with Gasteiger partial charge in [0, 0.05) is 0 Å². The van der Waals surface area contributed by atoms with Crippen molar-refractivity contribution in [3.63, 3.8) is 0 Å². The van der Waals surface area contributed by atoms with Crippen molar-refractivity contribution < 1.29 is 26.9 Å². The minimum atomic E-state index is -4.10. The molecule has 0 bridgehead atoms. The van der Waals surface area contributed by atoms with Gasteiger partial charge < -0.3 is 13.7 Å². The number of aromatic nitrogens is 1. The van der Waals surface area contributed by atoms with Gasteiger partial charge in [0.2, 0.25) is 0 Å². The van der Waals surface area contributed by atoms with Gasteiger partial charge >= 0.3 is 16.1 Å². The normalized spacial score (nSPS) is 15.1. The molecule has 11 heteroatoms. The van der Waals surface area contributed by atoms with Gasteiger partial charge in [-0.25, -0.2) is 9.79 Å². The Morgan fingerprint density at radius 2 is 1.70 bits per heavy atom. The van der Waals surface area contributed by atoms with Gasteiger partial charge in [-0.2, -0.15) is 8.42 Å². The number of hydrogen-bond acceptors (Lipinski definition) is 9. The molecule has 9 nitrogen and oxygen atoms in total. The van der Waals surface area contributed by atoms with Crippen molar-refractivity contribution >= 4 is 33.5 Å². The summed E-state index contributed by atoms with van der Waals surface area (Å²) in [6.45, 7) is 7.55. The van der Waals surface area contributed by atoms with Gasteiger partial charge in [-0.15, -0.1) is 0 Å². The lowest BCUT2D eigenvalue weighted by Crippen LogP contribution is -2.39. The van der Waals surface area contributed by atoms with E-state index in [1.165, 1.54) is 34.1 Å². The largest absolute Gasteiger partial charge is 0.490 e. The van der Waals surface area contributed by atoms with Crippen molar-refractivity contribution in [1.29, 1.82) is 0 Å². The fourth-order valence-corrected chi connectivity index (χ4v) is 6.70. The first-order chi connectivity index (χ1) is 20.6. The molecule has 0 aliphatic carbocycles. The van der Waals surface area contributed by atoms with E-state index in [1.807, 2.05) is 37.3 Å². The first-order valence-corrected chi connectivity index (χ1v) is 15.9. The highest BCUT2D eigenvalue weighted by Gasteiger charge is 2.33. The number of benzene rings is 3. The Morgan fingerprint density at radius 1 is 0.977 bits per heavy atom. The van der Waals surface area contributed by atoms with Crippen LogP contribution in [-0.4, -0.2) is 32.2 Å². The molecule has 0 N–H and O–H groups in total. The third kappa shape index (κ3) is 6.18. The number of nitrogens with zero attached hydrogens (tertiary/aromatic N) is 2. The molecule has 0 amide bonds. The molecule has 0 saturated heterocycles. The van der Waals surface area contributed by atoms with Crippen molar-refractivity contribution in [2.75, 3.05) is 13.2 Å². The smallest absolute Gasteiger partial charge is 0.339 e. The molecule has 4 aromatic rings. The van der Waals surface area contributed by atoms with E-state index in [4.69, 9.17) is 13.7 Å². The van der Waals surface area contributed by atoms with E-state index in [2.05, 4.69) is 4.99 Å². The first-order valence-electron chi connectivity index (χ1n) is 13.7. The van der Waals surface area contributed by atoms with Crippen LogP contribution in [-0.2, 0) is 19.6 Å². The van der Waals surface area contributed by atoms with E-state index in [0.717, 1.165) is 11.1 Å². The number of allylic oxidation sites excluding steroid dienone is 1. The molecule has 5 rings (SSSR count). The molecular formula is C32H30N2O7S2. The van der Waals surface area contributed by atoms with Gasteiger partial charge in [0.05, 0.1) is 35.1 Å². The maximum absolute atomic E-state index is 13.9. The summed E-state index contributed by atoms with van der Waals surface area (Å²) in [6, 6.07) is 19.7. The van der Waals surface area contributed by atoms with Crippen LogP contribution in [0.25, 0.3) is 6.08 Å².